The molecule has 0 N–H and O–H groups in total. The van der Waals surface area contributed by atoms with Crippen LogP contribution in [0.1, 0.15) is 12.5 Å². The average molecular weight is 218 g/mol. The summed E-state index contributed by atoms with van der Waals surface area (Å²) in [5.74, 6) is 4.12. The van der Waals surface area contributed by atoms with E-state index in [1.54, 1.807) is 0 Å². The monoisotopic (exact) mass is 218 g/mol. The Hall–Kier alpha value is -1.20. The maximum Gasteiger partial charge on any atom is 0.129 e. The van der Waals surface area contributed by atoms with Crippen molar-refractivity contribution in [1.29, 1.82) is 0 Å². The Balaban J connectivity index is 2.75. The van der Waals surface area contributed by atoms with E-state index in [1.165, 1.54) is 0 Å². The first-order valence-corrected chi connectivity index (χ1v) is 8.77. The first-order chi connectivity index (χ1) is 7.01. The normalized spacial score (nSPS) is 10.4. The highest BCUT2D eigenvalue weighted by molar-refractivity contribution is 6.83. The minimum atomic E-state index is -1.26. The molecular formula is C13H18OSi. The van der Waals surface area contributed by atoms with Crippen LogP contribution in [0.3, 0.4) is 0 Å². The standard InChI is InChI=1S/C13H18OSi/c1-5-14-13-8-6-12(7-9-13)10-11-15(2,3)4/h6-9H,5H2,1-4H3. The van der Waals surface area contributed by atoms with Gasteiger partial charge in [-0.05, 0) is 31.2 Å². The van der Waals surface area contributed by atoms with Crippen LogP contribution < -0.4 is 4.74 Å². The zero-order valence-electron chi connectivity index (χ0n) is 9.92. The molecule has 0 spiro atoms. The summed E-state index contributed by atoms with van der Waals surface area (Å²) in [5.41, 5.74) is 4.41. The highest BCUT2D eigenvalue weighted by Gasteiger charge is 2.07. The van der Waals surface area contributed by atoms with Gasteiger partial charge in [-0.1, -0.05) is 25.6 Å². The van der Waals surface area contributed by atoms with E-state index in [2.05, 4.69) is 31.1 Å². The van der Waals surface area contributed by atoms with E-state index < -0.39 is 8.07 Å². The number of ether oxygens (including phenoxy) is 1. The van der Waals surface area contributed by atoms with Crippen molar-refractivity contribution in [1.82, 2.24) is 0 Å². The topological polar surface area (TPSA) is 9.23 Å². The lowest BCUT2D eigenvalue weighted by Crippen LogP contribution is -2.16. The largest absolute Gasteiger partial charge is 0.494 e. The van der Waals surface area contributed by atoms with Crippen molar-refractivity contribution in [2.75, 3.05) is 6.61 Å². The van der Waals surface area contributed by atoms with Crippen LogP contribution in [0.4, 0.5) is 0 Å². The van der Waals surface area contributed by atoms with E-state index in [0.717, 1.165) is 11.3 Å². The third-order valence-corrected chi connectivity index (χ3v) is 2.62. The highest BCUT2D eigenvalue weighted by atomic mass is 28.3. The molecule has 80 valence electrons. The van der Waals surface area contributed by atoms with Gasteiger partial charge in [0.05, 0.1) is 6.61 Å². The summed E-state index contributed by atoms with van der Waals surface area (Å²) in [6, 6.07) is 7.96. The van der Waals surface area contributed by atoms with Gasteiger partial charge in [0.15, 0.2) is 0 Å². The molecule has 1 rings (SSSR count). The molecule has 0 fully saturated rings. The Bertz CT molecular complexity index is 362. The highest BCUT2D eigenvalue weighted by Crippen LogP contribution is 2.11. The van der Waals surface area contributed by atoms with Crippen molar-refractivity contribution in [3.63, 3.8) is 0 Å². The molecule has 2 heteroatoms. The third-order valence-electron chi connectivity index (χ3n) is 1.75. The fourth-order valence-electron chi connectivity index (χ4n) is 1.06. The molecule has 0 aliphatic rings. The smallest absolute Gasteiger partial charge is 0.129 e. The summed E-state index contributed by atoms with van der Waals surface area (Å²) in [6.45, 7) is 9.43. The van der Waals surface area contributed by atoms with E-state index in [1.807, 2.05) is 31.2 Å². The van der Waals surface area contributed by atoms with Crippen molar-refractivity contribution < 1.29 is 4.74 Å². The molecule has 0 saturated heterocycles. The Kier molecular flexibility index (Phi) is 3.99. The number of hydrogen-bond donors (Lipinski definition) is 0. The molecule has 0 amide bonds. The molecule has 15 heavy (non-hydrogen) atoms. The molecule has 1 aromatic rings. The molecule has 0 unspecified atom stereocenters. The molecule has 0 atom stereocenters. The van der Waals surface area contributed by atoms with Gasteiger partial charge < -0.3 is 4.74 Å². The van der Waals surface area contributed by atoms with Crippen molar-refractivity contribution in [2.24, 2.45) is 0 Å². The average Bonchev–Trinajstić information content (AvgIpc) is 2.16. The zero-order chi connectivity index (χ0) is 11.3. The second-order valence-electron chi connectivity index (χ2n) is 4.46. The molecule has 1 nitrogen and oxygen atoms in total. The van der Waals surface area contributed by atoms with E-state index in [0.29, 0.717) is 6.61 Å². The maximum absolute atomic E-state index is 5.37. The van der Waals surface area contributed by atoms with E-state index in [4.69, 9.17) is 4.74 Å². The lowest BCUT2D eigenvalue weighted by Gasteiger charge is -2.04. The fourth-order valence-corrected chi connectivity index (χ4v) is 1.58. The zero-order valence-corrected chi connectivity index (χ0v) is 10.9. The summed E-state index contributed by atoms with van der Waals surface area (Å²) < 4.78 is 5.37. The molecule has 0 heterocycles. The summed E-state index contributed by atoms with van der Waals surface area (Å²) in [5, 5.41) is 0. The van der Waals surface area contributed by atoms with Gasteiger partial charge >= 0.3 is 0 Å². The first-order valence-electron chi connectivity index (χ1n) is 5.27. The van der Waals surface area contributed by atoms with Crippen LogP contribution in [0.5, 0.6) is 5.75 Å². The maximum atomic E-state index is 5.37. The van der Waals surface area contributed by atoms with Crippen LogP contribution >= 0.6 is 0 Å². The van der Waals surface area contributed by atoms with E-state index >= 15 is 0 Å². The predicted molar refractivity (Wildman–Crippen MR) is 67.8 cm³/mol. The molecule has 0 aliphatic carbocycles. The molecule has 1 aromatic carbocycles. The molecule has 0 bridgehead atoms. The first kappa shape index (κ1) is 11.9. The van der Waals surface area contributed by atoms with Gasteiger partial charge in [-0.25, -0.2) is 0 Å². The van der Waals surface area contributed by atoms with Crippen LogP contribution in [0, 0.1) is 11.5 Å². The van der Waals surface area contributed by atoms with Crippen LogP contribution in [0.15, 0.2) is 24.3 Å². The fraction of sp³-hybridized carbons (Fsp3) is 0.385. The van der Waals surface area contributed by atoms with E-state index in [9.17, 15) is 0 Å². The van der Waals surface area contributed by atoms with Crippen molar-refractivity contribution in [2.45, 2.75) is 26.6 Å². The van der Waals surface area contributed by atoms with Gasteiger partial charge in [-0.2, -0.15) is 0 Å². The minimum absolute atomic E-state index is 0.708. The van der Waals surface area contributed by atoms with Crippen molar-refractivity contribution in [3.8, 4) is 17.2 Å². The summed E-state index contributed by atoms with van der Waals surface area (Å²) in [6.07, 6.45) is 0. The third kappa shape index (κ3) is 4.71. The summed E-state index contributed by atoms with van der Waals surface area (Å²) >= 11 is 0. The van der Waals surface area contributed by atoms with Gasteiger partial charge in [-0.3, -0.25) is 0 Å². The minimum Gasteiger partial charge on any atom is -0.494 e. The predicted octanol–water partition coefficient (Wildman–Crippen LogP) is 3.31. The van der Waals surface area contributed by atoms with Crippen molar-refractivity contribution in [3.05, 3.63) is 29.8 Å². The van der Waals surface area contributed by atoms with E-state index in [-0.39, 0.29) is 0 Å². The van der Waals surface area contributed by atoms with Crippen LogP contribution in [0.25, 0.3) is 0 Å². The quantitative estimate of drug-likeness (QED) is 0.546. The lowest BCUT2D eigenvalue weighted by atomic mass is 10.2. The Morgan fingerprint density at radius 3 is 2.20 bits per heavy atom. The van der Waals surface area contributed by atoms with Crippen molar-refractivity contribution >= 4 is 8.07 Å². The van der Waals surface area contributed by atoms with Gasteiger partial charge in [-0.15, -0.1) is 5.54 Å². The Morgan fingerprint density at radius 1 is 1.13 bits per heavy atom. The molecule has 0 saturated carbocycles. The number of benzene rings is 1. The van der Waals surface area contributed by atoms with Gasteiger partial charge in [0.25, 0.3) is 0 Å². The van der Waals surface area contributed by atoms with Crippen LogP contribution in [0.2, 0.25) is 19.6 Å². The van der Waals surface area contributed by atoms with Crippen LogP contribution in [-0.4, -0.2) is 14.7 Å². The summed E-state index contributed by atoms with van der Waals surface area (Å²) in [7, 11) is -1.26. The molecule has 0 aliphatic heterocycles. The van der Waals surface area contributed by atoms with Crippen LogP contribution in [-0.2, 0) is 0 Å². The second-order valence-corrected chi connectivity index (χ2v) is 9.21. The summed E-state index contributed by atoms with van der Waals surface area (Å²) in [4.78, 5) is 0. The number of hydrogen-bond acceptors (Lipinski definition) is 1. The molecular weight excluding hydrogens is 200 g/mol. The Morgan fingerprint density at radius 2 is 1.73 bits per heavy atom. The Labute approximate surface area is 93.5 Å². The molecule has 0 aromatic heterocycles. The second kappa shape index (κ2) is 5.04. The van der Waals surface area contributed by atoms with Gasteiger partial charge in [0, 0.05) is 5.56 Å². The molecule has 0 radical (unpaired) electrons. The SMILES string of the molecule is CCOc1ccc(C#C[Si](C)(C)C)cc1. The lowest BCUT2D eigenvalue weighted by molar-refractivity contribution is 0.340. The van der Waals surface area contributed by atoms with Gasteiger partial charge in [0.1, 0.15) is 13.8 Å². The van der Waals surface area contributed by atoms with Gasteiger partial charge in [0.2, 0.25) is 0 Å². The number of rotatable bonds is 2.